The van der Waals surface area contributed by atoms with Gasteiger partial charge in [-0.05, 0) is 84.9 Å². The number of nitrogens with one attached hydrogen (secondary N) is 2. The molecule has 1 aliphatic heterocycles. The number of hydrogen-bond acceptors (Lipinski definition) is 13. The molecule has 6 aromatic rings. The van der Waals surface area contributed by atoms with E-state index in [1.54, 1.807) is 61.5 Å². The van der Waals surface area contributed by atoms with Crippen molar-refractivity contribution in [1.29, 1.82) is 0 Å². The molecule has 70 heavy (non-hydrogen) atoms. The summed E-state index contributed by atoms with van der Waals surface area (Å²) < 4.78 is 24.0. The van der Waals surface area contributed by atoms with E-state index in [1.165, 1.54) is 31.4 Å². The maximum absolute atomic E-state index is 13.9. The van der Waals surface area contributed by atoms with Crippen LogP contribution in [-0.2, 0) is 30.9 Å². The number of allylic oxidation sites excluding steroid dienone is 2. The van der Waals surface area contributed by atoms with Crippen molar-refractivity contribution in [3.63, 3.8) is 0 Å². The summed E-state index contributed by atoms with van der Waals surface area (Å²) in [6.07, 6.45) is 3.26. The van der Waals surface area contributed by atoms with Gasteiger partial charge < -0.3 is 39.1 Å². The number of aromatic nitrogens is 8. The fourth-order valence-corrected chi connectivity index (χ4v) is 7.92. The molecular weight excluding hydrogens is 903 g/mol. The van der Waals surface area contributed by atoms with Crippen LogP contribution in [0.4, 0.5) is 16.7 Å². The summed E-state index contributed by atoms with van der Waals surface area (Å²) in [5, 5.41) is 24.5. The highest BCUT2D eigenvalue weighted by Crippen LogP contribution is 2.33. The van der Waals surface area contributed by atoms with Gasteiger partial charge >= 0.3 is 12.1 Å². The highest BCUT2D eigenvalue weighted by atomic mass is 16.6. The zero-order chi connectivity index (χ0) is 50.4. The number of nitrogens with two attached hydrogens (primary N) is 1. The third-order valence-corrected chi connectivity index (χ3v) is 11.2. The number of imidazole rings is 2. The fraction of sp³-hybridized carbons (Fsp3) is 0.396. The number of fused-ring (bicyclic) bond motifs is 2. The molecule has 0 saturated carbocycles. The molecule has 4 aromatic heterocycles. The molecule has 0 unspecified atom stereocenters. The number of nitrogens with zero attached hydrogens (tertiary/aromatic N) is 10. The quantitative estimate of drug-likeness (QED) is 0.0741. The van der Waals surface area contributed by atoms with E-state index in [4.69, 9.17) is 24.9 Å². The zero-order valence-corrected chi connectivity index (χ0v) is 40.5. The molecule has 7 rings (SSSR count). The van der Waals surface area contributed by atoms with E-state index in [9.17, 15) is 29.1 Å². The number of anilines is 2. The standard InChI is InChI=1S/C48H57N13O9/c1-9-60-35(23-29(3)54-60)42(63)52-45-51-34-26-32(44(65)66)28-37(68-8)39(34)58(45)16-11-12-17-59-40-33(50-46(59)53-43(64)36-24-30(4)55-61(36)10-2)25-31(41(49)62)27-38(40)69-22-14-13-15-56-18-20-57(21-19-56)47(67)70-48(5,6)7/h11-12,23-28H,9-10,15-22H2,1-8H3,(H2,49,62)(H,65,66)(H,50,53,64)(H,51,52,63)/b12-11+. The molecule has 5 heterocycles. The van der Waals surface area contributed by atoms with Crippen molar-refractivity contribution in [2.45, 2.75) is 80.2 Å². The Kier molecular flexibility index (Phi) is 14.9. The monoisotopic (exact) mass is 959 g/mol. The number of primary amides is 1. The number of rotatable bonds is 16. The van der Waals surface area contributed by atoms with E-state index in [2.05, 4.69) is 42.6 Å². The molecule has 0 radical (unpaired) electrons. The first-order valence-electron chi connectivity index (χ1n) is 22.7. The van der Waals surface area contributed by atoms with Crippen LogP contribution >= 0.6 is 0 Å². The SMILES string of the molecule is CCn1nc(C)cc1C(=O)Nc1nc2cc(C(=O)O)cc(OC)c2n1C/C=C/Cn1c(NC(=O)c2cc(C)nn2CC)nc2cc(C(N)=O)cc(OCC#CCN3CCN(C(=O)OC(C)(C)C)CC3)c21. The Bertz CT molecular complexity index is 3080. The summed E-state index contributed by atoms with van der Waals surface area (Å²) in [5.74, 6) is 4.02. The molecule has 5 N–H and O–H groups in total. The largest absolute Gasteiger partial charge is 0.494 e. The predicted molar refractivity (Wildman–Crippen MR) is 259 cm³/mol. The maximum Gasteiger partial charge on any atom is 0.410 e. The number of carboxylic acid groups (broad SMARTS) is 1. The van der Waals surface area contributed by atoms with Gasteiger partial charge in [0.2, 0.25) is 17.8 Å². The van der Waals surface area contributed by atoms with Gasteiger partial charge in [-0.25, -0.2) is 19.6 Å². The highest BCUT2D eigenvalue weighted by molar-refractivity contribution is 6.05. The first-order valence-corrected chi connectivity index (χ1v) is 22.7. The minimum absolute atomic E-state index is 0.0560. The van der Waals surface area contributed by atoms with E-state index in [0.29, 0.717) is 85.1 Å². The van der Waals surface area contributed by atoms with Gasteiger partial charge in [0.15, 0.2) is 0 Å². The Morgan fingerprint density at radius 1 is 0.757 bits per heavy atom. The molecule has 2 aromatic carbocycles. The van der Waals surface area contributed by atoms with Crippen LogP contribution in [0.5, 0.6) is 11.5 Å². The maximum atomic E-state index is 13.9. The van der Waals surface area contributed by atoms with Gasteiger partial charge in [0.25, 0.3) is 11.8 Å². The smallest absolute Gasteiger partial charge is 0.410 e. The van der Waals surface area contributed by atoms with Crippen molar-refractivity contribution < 1.29 is 43.3 Å². The van der Waals surface area contributed by atoms with E-state index >= 15 is 0 Å². The number of piperazine rings is 1. The number of carboxylic acids is 1. The molecule has 0 atom stereocenters. The third kappa shape index (κ3) is 11.2. The Hall–Kier alpha value is -8.19. The molecule has 1 aliphatic rings. The third-order valence-electron chi connectivity index (χ3n) is 11.2. The number of aromatic carboxylic acids is 1. The lowest BCUT2D eigenvalue weighted by Crippen LogP contribution is -2.50. The van der Waals surface area contributed by atoms with Crippen LogP contribution in [0.3, 0.4) is 0 Å². The highest BCUT2D eigenvalue weighted by Gasteiger charge is 2.27. The molecule has 0 bridgehead atoms. The first kappa shape index (κ1) is 49.7. The molecule has 22 heteroatoms. The fourth-order valence-electron chi connectivity index (χ4n) is 7.92. The summed E-state index contributed by atoms with van der Waals surface area (Å²) in [4.78, 5) is 78.0. The molecule has 0 aliphatic carbocycles. The van der Waals surface area contributed by atoms with E-state index in [0.717, 1.165) is 0 Å². The number of methoxy groups -OCH3 is 1. The number of carbonyl (C=O) groups excluding carboxylic acids is 4. The van der Waals surface area contributed by atoms with Crippen molar-refractivity contribution in [3.05, 3.63) is 82.5 Å². The topological polar surface area (TPSA) is 261 Å². The predicted octanol–water partition coefficient (Wildman–Crippen LogP) is 4.94. The van der Waals surface area contributed by atoms with Crippen molar-refractivity contribution in [2.75, 3.05) is 57.1 Å². The molecule has 1 saturated heterocycles. The number of carbonyl (C=O) groups is 5. The number of ether oxygens (including phenoxy) is 3. The summed E-state index contributed by atoms with van der Waals surface area (Å²) in [5.41, 5.74) is 8.61. The van der Waals surface area contributed by atoms with Crippen LogP contribution in [0.2, 0.25) is 0 Å². The lowest BCUT2D eigenvalue weighted by atomic mass is 10.1. The first-order chi connectivity index (χ1) is 33.4. The van der Waals surface area contributed by atoms with E-state index < -0.39 is 29.3 Å². The number of amides is 4. The zero-order valence-electron chi connectivity index (χ0n) is 40.5. The average Bonchev–Trinajstić information content (AvgIpc) is 4.08. The van der Waals surface area contributed by atoms with Gasteiger partial charge in [-0.1, -0.05) is 24.0 Å². The molecular formula is C48H57N13O9. The van der Waals surface area contributed by atoms with Gasteiger partial charge in [0.05, 0.1) is 41.6 Å². The minimum Gasteiger partial charge on any atom is -0.494 e. The lowest BCUT2D eigenvalue weighted by molar-refractivity contribution is 0.0155. The Morgan fingerprint density at radius 2 is 1.27 bits per heavy atom. The van der Waals surface area contributed by atoms with Crippen LogP contribution < -0.4 is 25.8 Å². The van der Waals surface area contributed by atoms with Gasteiger partial charge in [-0.3, -0.25) is 39.3 Å². The second kappa shape index (κ2) is 21.0. The Labute approximate surface area is 403 Å². The Morgan fingerprint density at radius 3 is 1.76 bits per heavy atom. The molecule has 368 valence electrons. The summed E-state index contributed by atoms with van der Waals surface area (Å²) in [7, 11) is 1.41. The minimum atomic E-state index is -1.18. The van der Waals surface area contributed by atoms with Crippen molar-refractivity contribution in [1.82, 2.24) is 48.5 Å². The van der Waals surface area contributed by atoms with E-state index in [-0.39, 0.29) is 65.8 Å². The van der Waals surface area contributed by atoms with Crippen LogP contribution in [0.1, 0.15) is 87.7 Å². The molecule has 4 amide bonds. The molecule has 0 spiro atoms. The van der Waals surface area contributed by atoms with Crippen LogP contribution in [-0.4, -0.2) is 135 Å². The number of benzene rings is 2. The van der Waals surface area contributed by atoms with Crippen molar-refractivity contribution in [2.24, 2.45) is 5.73 Å². The summed E-state index contributed by atoms with van der Waals surface area (Å²) >= 11 is 0. The van der Waals surface area contributed by atoms with Gasteiger partial charge in [0.1, 0.15) is 46.1 Å². The van der Waals surface area contributed by atoms with Gasteiger partial charge in [0, 0.05) is 57.9 Å². The number of hydrogen-bond donors (Lipinski definition) is 4. The second-order valence-electron chi connectivity index (χ2n) is 17.4. The van der Waals surface area contributed by atoms with Crippen molar-refractivity contribution in [3.8, 4) is 23.3 Å². The summed E-state index contributed by atoms with van der Waals surface area (Å²) in [6.45, 7) is 16.5. The van der Waals surface area contributed by atoms with Crippen LogP contribution in [0, 0.1) is 25.7 Å². The molecule has 22 nitrogen and oxygen atoms in total. The normalized spacial score (nSPS) is 13.1. The number of aryl methyl sites for hydroxylation is 4. The van der Waals surface area contributed by atoms with E-state index in [1.807, 2.05) is 34.6 Å². The van der Waals surface area contributed by atoms with Crippen LogP contribution in [0.25, 0.3) is 22.1 Å². The summed E-state index contributed by atoms with van der Waals surface area (Å²) in [6, 6.07) is 9.13. The van der Waals surface area contributed by atoms with Gasteiger partial charge in [-0.15, -0.1) is 0 Å². The van der Waals surface area contributed by atoms with Crippen LogP contribution in [0.15, 0.2) is 48.6 Å². The lowest BCUT2D eigenvalue weighted by Gasteiger charge is -2.34. The van der Waals surface area contributed by atoms with Gasteiger partial charge in [-0.2, -0.15) is 10.2 Å². The average molecular weight is 960 g/mol. The second-order valence-corrected chi connectivity index (χ2v) is 17.4. The Balaban J connectivity index is 1.20. The molecule has 1 fully saturated rings. The van der Waals surface area contributed by atoms with Crippen molar-refractivity contribution >= 4 is 63.7 Å².